The zero-order valence-electron chi connectivity index (χ0n) is 21.1. The minimum atomic E-state index is -0.405. The number of carbonyl (C=O) groups excluding carboxylic acids is 4. The molecule has 2 heterocycles. The third kappa shape index (κ3) is 10.9. The molecule has 0 aliphatic heterocycles. The largest absolute Gasteiger partial charge is 0.388 e. The second-order valence-electron chi connectivity index (χ2n) is 8.11. The number of hydrogen-bond donors (Lipinski definition) is 8. The van der Waals surface area contributed by atoms with Crippen LogP contribution in [0.25, 0.3) is 0 Å². The Balaban J connectivity index is 0.00000684. The van der Waals surface area contributed by atoms with Crippen molar-refractivity contribution in [1.29, 1.82) is 10.8 Å². The van der Waals surface area contributed by atoms with Crippen molar-refractivity contribution in [3.63, 3.8) is 0 Å². The Morgan fingerprint density at radius 1 is 0.711 bits per heavy atom. The van der Waals surface area contributed by atoms with Crippen molar-refractivity contribution < 1.29 is 19.2 Å². The number of nitrogens with zero attached hydrogens (tertiary/aromatic N) is 2. The molecular formula is C22H34Cl2N10O4. The number of aromatic nitrogens is 2. The number of anilines is 2. The number of carbonyl (C=O) groups is 4. The standard InChI is InChI=1S/C22H32N10O4.2ClH/c1-31-11-13(9-15(31)21(35)27-7-5-17(23)24)29-19(33)3-4-20(34)30-14-10-16(32(2)12-14)22(36)28-8-6-18(25)26;;/h9-12H,3-8H2,1-2H3,(H3,23,24)(H3,25,26)(H,27,35)(H,28,36)(H,29,33)(H,30,34);2*1H. The Hall–Kier alpha value is -4.04. The number of halogens is 2. The van der Waals surface area contributed by atoms with Crippen LogP contribution in [0.4, 0.5) is 11.4 Å². The maximum atomic E-state index is 12.3. The second-order valence-corrected chi connectivity index (χ2v) is 8.11. The highest BCUT2D eigenvalue weighted by Crippen LogP contribution is 2.15. The van der Waals surface area contributed by atoms with Crippen LogP contribution in [0.2, 0.25) is 0 Å². The van der Waals surface area contributed by atoms with Crippen LogP contribution in [-0.2, 0) is 23.7 Å². The van der Waals surface area contributed by atoms with Crippen LogP contribution in [0.3, 0.4) is 0 Å². The first kappa shape index (κ1) is 34.0. The Morgan fingerprint density at radius 3 is 1.37 bits per heavy atom. The highest BCUT2D eigenvalue weighted by atomic mass is 35.5. The van der Waals surface area contributed by atoms with E-state index in [4.69, 9.17) is 22.3 Å². The van der Waals surface area contributed by atoms with E-state index in [0.29, 0.717) is 22.8 Å². The normalized spacial score (nSPS) is 9.84. The fraction of sp³-hybridized carbons (Fsp3) is 0.364. The van der Waals surface area contributed by atoms with Crippen LogP contribution in [0.1, 0.15) is 46.7 Å². The van der Waals surface area contributed by atoms with Crippen molar-refractivity contribution in [3.05, 3.63) is 35.9 Å². The van der Waals surface area contributed by atoms with Crippen molar-refractivity contribution >= 4 is 71.5 Å². The molecule has 0 bridgehead atoms. The molecule has 38 heavy (non-hydrogen) atoms. The molecular weight excluding hydrogens is 539 g/mol. The average Bonchev–Trinajstić information content (AvgIpc) is 3.33. The van der Waals surface area contributed by atoms with Gasteiger partial charge in [-0.15, -0.1) is 24.8 Å². The SMILES string of the molecule is Cl.Cl.Cn1cc(NC(=O)CCC(=O)Nc2cc(C(=O)NCCC(=N)N)n(C)c2)cc1C(=O)NCCC(=N)N. The smallest absolute Gasteiger partial charge is 0.267 e. The molecule has 0 saturated carbocycles. The minimum Gasteiger partial charge on any atom is -0.388 e. The van der Waals surface area contributed by atoms with E-state index in [9.17, 15) is 19.2 Å². The van der Waals surface area contributed by atoms with Gasteiger partial charge in [0.15, 0.2) is 0 Å². The summed E-state index contributed by atoms with van der Waals surface area (Å²) in [6, 6.07) is 3.02. The Morgan fingerprint density at radius 2 is 1.05 bits per heavy atom. The number of rotatable bonds is 13. The molecule has 0 radical (unpaired) electrons. The van der Waals surface area contributed by atoms with Gasteiger partial charge in [-0.25, -0.2) is 0 Å². The number of nitrogens with two attached hydrogens (primary N) is 2. The van der Waals surface area contributed by atoms with Gasteiger partial charge in [-0.1, -0.05) is 0 Å². The predicted octanol–water partition coefficient (Wildman–Crippen LogP) is 0.676. The van der Waals surface area contributed by atoms with Crippen LogP contribution >= 0.6 is 24.8 Å². The molecule has 10 N–H and O–H groups in total. The molecule has 2 rings (SSSR count). The first-order chi connectivity index (χ1) is 17.0. The van der Waals surface area contributed by atoms with Gasteiger partial charge in [0.05, 0.1) is 23.0 Å². The lowest BCUT2D eigenvalue weighted by Gasteiger charge is -2.04. The van der Waals surface area contributed by atoms with Crippen LogP contribution in [0.15, 0.2) is 24.5 Å². The molecule has 2 aromatic rings. The van der Waals surface area contributed by atoms with Crippen molar-refractivity contribution in [2.45, 2.75) is 25.7 Å². The highest BCUT2D eigenvalue weighted by molar-refractivity contribution is 6.00. The first-order valence-corrected chi connectivity index (χ1v) is 11.1. The van der Waals surface area contributed by atoms with Crippen molar-refractivity contribution in [2.75, 3.05) is 23.7 Å². The topological polar surface area (TPSA) is 226 Å². The molecule has 2 aromatic heterocycles. The van der Waals surface area contributed by atoms with E-state index >= 15 is 0 Å². The number of aryl methyl sites for hydroxylation is 2. The molecule has 210 valence electrons. The molecule has 0 atom stereocenters. The number of nitrogens with one attached hydrogen (secondary N) is 6. The lowest BCUT2D eigenvalue weighted by molar-refractivity contribution is -0.121. The van der Waals surface area contributed by atoms with Crippen LogP contribution in [0.5, 0.6) is 0 Å². The summed E-state index contributed by atoms with van der Waals surface area (Å²) in [5, 5.41) is 24.9. The minimum absolute atomic E-state index is 0. The summed E-state index contributed by atoms with van der Waals surface area (Å²) in [4.78, 5) is 49.0. The first-order valence-electron chi connectivity index (χ1n) is 11.1. The lowest BCUT2D eigenvalue weighted by Crippen LogP contribution is -2.28. The third-order valence-corrected chi connectivity index (χ3v) is 4.98. The molecule has 0 spiro atoms. The van der Waals surface area contributed by atoms with Crippen LogP contribution < -0.4 is 32.7 Å². The van der Waals surface area contributed by atoms with Crippen molar-refractivity contribution in [3.8, 4) is 0 Å². The van der Waals surface area contributed by atoms with Gasteiger partial charge in [0.2, 0.25) is 11.8 Å². The fourth-order valence-corrected chi connectivity index (χ4v) is 3.19. The highest BCUT2D eigenvalue weighted by Gasteiger charge is 2.16. The molecule has 0 aromatic carbocycles. The molecule has 14 nitrogen and oxygen atoms in total. The Kier molecular flexibility index (Phi) is 14.2. The maximum absolute atomic E-state index is 12.3. The van der Waals surface area contributed by atoms with E-state index in [1.54, 1.807) is 35.6 Å². The molecule has 16 heteroatoms. The van der Waals surface area contributed by atoms with E-state index in [-0.39, 0.29) is 87.1 Å². The van der Waals surface area contributed by atoms with E-state index in [1.165, 1.54) is 12.1 Å². The number of hydrogen-bond acceptors (Lipinski definition) is 6. The zero-order valence-corrected chi connectivity index (χ0v) is 22.7. The van der Waals surface area contributed by atoms with E-state index in [0.717, 1.165) is 0 Å². The lowest BCUT2D eigenvalue weighted by atomic mass is 10.2. The third-order valence-electron chi connectivity index (χ3n) is 4.98. The molecule has 0 fully saturated rings. The molecule has 0 aliphatic rings. The van der Waals surface area contributed by atoms with E-state index in [2.05, 4.69) is 21.3 Å². The predicted molar refractivity (Wildman–Crippen MR) is 150 cm³/mol. The van der Waals surface area contributed by atoms with Gasteiger partial charge in [-0.3, -0.25) is 30.0 Å². The van der Waals surface area contributed by atoms with Crippen LogP contribution in [-0.4, -0.2) is 57.5 Å². The fourth-order valence-electron chi connectivity index (χ4n) is 3.19. The Bertz CT molecular complexity index is 1080. The van der Waals surface area contributed by atoms with E-state index in [1.807, 2.05) is 0 Å². The Labute approximate surface area is 232 Å². The van der Waals surface area contributed by atoms with Gasteiger partial charge in [0.1, 0.15) is 11.4 Å². The molecule has 0 unspecified atom stereocenters. The van der Waals surface area contributed by atoms with Gasteiger partial charge in [0, 0.05) is 65.3 Å². The maximum Gasteiger partial charge on any atom is 0.267 e. The van der Waals surface area contributed by atoms with E-state index < -0.39 is 11.8 Å². The second kappa shape index (κ2) is 15.9. The van der Waals surface area contributed by atoms with Crippen LogP contribution in [0, 0.1) is 10.8 Å². The van der Waals surface area contributed by atoms with Gasteiger partial charge >= 0.3 is 0 Å². The number of amides is 4. The summed E-state index contributed by atoms with van der Waals surface area (Å²) in [6.45, 7) is 0.452. The molecule has 4 amide bonds. The summed E-state index contributed by atoms with van der Waals surface area (Å²) < 4.78 is 3.10. The summed E-state index contributed by atoms with van der Waals surface area (Å²) in [7, 11) is 3.31. The van der Waals surface area contributed by atoms with Gasteiger partial charge in [0.25, 0.3) is 11.8 Å². The average molecular weight is 573 g/mol. The van der Waals surface area contributed by atoms with Gasteiger partial charge in [-0.05, 0) is 12.1 Å². The molecule has 0 aliphatic carbocycles. The summed E-state index contributed by atoms with van der Waals surface area (Å²) >= 11 is 0. The number of amidine groups is 2. The zero-order chi connectivity index (χ0) is 26.8. The van der Waals surface area contributed by atoms with Crippen molar-refractivity contribution in [1.82, 2.24) is 19.8 Å². The van der Waals surface area contributed by atoms with Gasteiger partial charge in [-0.2, -0.15) is 0 Å². The quantitative estimate of drug-likeness (QED) is 0.127. The monoisotopic (exact) mass is 572 g/mol. The summed E-state index contributed by atoms with van der Waals surface area (Å²) in [5.74, 6) is -1.60. The summed E-state index contributed by atoms with van der Waals surface area (Å²) in [5.41, 5.74) is 12.0. The van der Waals surface area contributed by atoms with Gasteiger partial charge < -0.3 is 41.9 Å². The van der Waals surface area contributed by atoms with Crippen molar-refractivity contribution in [2.24, 2.45) is 25.6 Å². The summed E-state index contributed by atoms with van der Waals surface area (Å²) in [6.07, 6.45) is 3.44. The molecule has 0 saturated heterocycles.